The fraction of sp³-hybridized carbons (Fsp3) is 0.381. The lowest BCUT2D eigenvalue weighted by molar-refractivity contribution is -0.0609. The summed E-state index contributed by atoms with van der Waals surface area (Å²) in [5, 5.41) is 9.98. The minimum atomic E-state index is -0.818. The van der Waals surface area contributed by atoms with Gasteiger partial charge in [0.05, 0.1) is 19.3 Å². The van der Waals surface area contributed by atoms with Gasteiger partial charge in [0, 0.05) is 20.6 Å². The first-order chi connectivity index (χ1) is 16.0. The maximum Gasteiger partial charge on any atom is 0.411 e. The van der Waals surface area contributed by atoms with Crippen LogP contribution >= 0.6 is 0 Å². The zero-order valence-electron chi connectivity index (χ0n) is 18.0. The Kier molecular flexibility index (Phi) is 5.30. The second kappa shape index (κ2) is 8.30. The van der Waals surface area contributed by atoms with Gasteiger partial charge in [0.2, 0.25) is 5.95 Å². The first-order valence-corrected chi connectivity index (χ1v) is 10.4. The van der Waals surface area contributed by atoms with Crippen molar-refractivity contribution in [3.8, 4) is 0 Å². The van der Waals surface area contributed by atoms with E-state index in [4.69, 9.17) is 9.47 Å². The summed E-state index contributed by atoms with van der Waals surface area (Å²) in [7, 11) is 3.59. The number of aliphatic hydroxyl groups excluding tert-OH is 1. The van der Waals surface area contributed by atoms with Crippen molar-refractivity contribution in [2.45, 2.75) is 31.0 Å². The van der Waals surface area contributed by atoms with Gasteiger partial charge in [-0.1, -0.05) is 30.3 Å². The van der Waals surface area contributed by atoms with Crippen LogP contribution in [0.2, 0.25) is 0 Å². The Bertz CT molecular complexity index is 1250. The molecule has 1 aromatic carbocycles. The average molecular weight is 453 g/mol. The first kappa shape index (κ1) is 21.1. The smallest absolute Gasteiger partial charge is 0.411 e. The van der Waals surface area contributed by atoms with Crippen molar-refractivity contribution in [2.24, 2.45) is 4.99 Å². The van der Waals surface area contributed by atoms with Crippen molar-refractivity contribution in [1.29, 1.82) is 0 Å². The quantitative estimate of drug-likeness (QED) is 0.409. The van der Waals surface area contributed by atoms with Crippen molar-refractivity contribution >= 4 is 29.5 Å². The Morgan fingerprint density at radius 1 is 1.27 bits per heavy atom. The number of aliphatic imine (C=N–C) groups is 1. The zero-order chi connectivity index (χ0) is 23.1. The summed E-state index contributed by atoms with van der Waals surface area (Å²) < 4.78 is 13.3. The number of aromatic nitrogens is 4. The van der Waals surface area contributed by atoms with Gasteiger partial charge < -0.3 is 19.5 Å². The molecule has 33 heavy (non-hydrogen) atoms. The first-order valence-electron chi connectivity index (χ1n) is 10.4. The van der Waals surface area contributed by atoms with Crippen LogP contribution in [0.25, 0.3) is 11.2 Å². The van der Waals surface area contributed by atoms with Gasteiger partial charge >= 0.3 is 6.09 Å². The van der Waals surface area contributed by atoms with Crippen molar-refractivity contribution < 1.29 is 19.4 Å². The number of benzene rings is 1. The molecule has 2 aliphatic rings. The molecule has 2 N–H and O–H groups in total. The standard InChI is InChI=1S/C21H23N7O5/c1-26(2)10-23-20-24-17-14(18(30)25-20)22-11-28(17)19-16-15(13(9-29)32-19)27(21(31)33-16)8-12-6-4-3-5-7-12/h3-7,10-11,13,15-16,19,29H,8-9H2,1-2H3,(H,24,25,30)/b23-10+/t13-,15-,16-,19-/m1/s1. The maximum atomic E-state index is 12.7. The number of carbonyl (C=O) groups is 1. The zero-order valence-corrected chi connectivity index (χ0v) is 18.0. The summed E-state index contributed by atoms with van der Waals surface area (Å²) in [6, 6.07) is 8.99. The van der Waals surface area contributed by atoms with E-state index < -0.39 is 36.1 Å². The summed E-state index contributed by atoms with van der Waals surface area (Å²) in [5.41, 5.74) is 0.827. The van der Waals surface area contributed by atoms with E-state index in [1.165, 1.54) is 12.7 Å². The van der Waals surface area contributed by atoms with E-state index in [2.05, 4.69) is 19.9 Å². The molecule has 2 saturated heterocycles. The van der Waals surface area contributed by atoms with Gasteiger partial charge in [0.15, 0.2) is 23.5 Å². The molecule has 2 aliphatic heterocycles. The average Bonchev–Trinajstić information content (AvgIpc) is 3.46. The SMILES string of the molecule is CN(C)/C=N/c1nc2c(ncn2[C@@H]2O[C@H](CO)[C@@H]3[C@H]2OC(=O)N3Cc2ccccc2)c(=O)[nH]1. The molecular weight excluding hydrogens is 430 g/mol. The second-order valence-electron chi connectivity index (χ2n) is 8.12. The number of aromatic amines is 1. The molecule has 0 spiro atoms. The van der Waals surface area contributed by atoms with Gasteiger partial charge in [0.1, 0.15) is 12.1 Å². The van der Waals surface area contributed by atoms with E-state index in [9.17, 15) is 14.7 Å². The van der Waals surface area contributed by atoms with Crippen molar-refractivity contribution in [2.75, 3.05) is 20.7 Å². The second-order valence-corrected chi connectivity index (χ2v) is 8.12. The summed E-state index contributed by atoms with van der Waals surface area (Å²) >= 11 is 0. The fourth-order valence-electron chi connectivity index (χ4n) is 4.19. The Balaban J connectivity index is 1.50. The molecule has 2 aromatic heterocycles. The summed E-state index contributed by atoms with van der Waals surface area (Å²) in [6.45, 7) is 0.0119. The number of fused-ring (bicyclic) bond motifs is 2. The van der Waals surface area contributed by atoms with Crippen LogP contribution in [0.15, 0.2) is 46.4 Å². The molecule has 1 amide bonds. The normalized spacial score (nSPS) is 24.6. The van der Waals surface area contributed by atoms with Crippen LogP contribution in [0.5, 0.6) is 0 Å². The van der Waals surface area contributed by atoms with E-state index in [1.807, 2.05) is 30.3 Å². The highest BCUT2D eigenvalue weighted by Crippen LogP contribution is 2.40. The molecule has 12 nitrogen and oxygen atoms in total. The van der Waals surface area contributed by atoms with Crippen molar-refractivity contribution in [3.05, 3.63) is 52.6 Å². The molecule has 0 bridgehead atoms. The lowest BCUT2D eigenvalue weighted by atomic mass is 10.1. The molecule has 2 fully saturated rings. The topological polar surface area (TPSA) is 138 Å². The highest BCUT2D eigenvalue weighted by atomic mass is 16.6. The van der Waals surface area contributed by atoms with E-state index in [-0.39, 0.29) is 23.7 Å². The van der Waals surface area contributed by atoms with Crippen LogP contribution < -0.4 is 5.56 Å². The van der Waals surface area contributed by atoms with Crippen LogP contribution in [0, 0.1) is 0 Å². The summed E-state index contributed by atoms with van der Waals surface area (Å²) in [4.78, 5) is 43.8. The molecule has 0 aliphatic carbocycles. The fourth-order valence-corrected chi connectivity index (χ4v) is 4.19. The monoisotopic (exact) mass is 453 g/mol. The molecule has 3 aromatic rings. The minimum absolute atomic E-state index is 0.102. The van der Waals surface area contributed by atoms with Gasteiger partial charge in [-0.15, -0.1) is 0 Å². The Labute approximate surface area is 188 Å². The third kappa shape index (κ3) is 3.72. The van der Waals surface area contributed by atoms with Crippen molar-refractivity contribution in [1.82, 2.24) is 29.3 Å². The largest absolute Gasteiger partial charge is 0.439 e. The number of hydrogen-bond donors (Lipinski definition) is 2. The number of amides is 1. The van der Waals surface area contributed by atoms with E-state index in [0.29, 0.717) is 6.54 Å². The highest BCUT2D eigenvalue weighted by Gasteiger charge is 2.57. The molecule has 0 saturated carbocycles. The van der Waals surface area contributed by atoms with Gasteiger partial charge in [0.25, 0.3) is 5.56 Å². The Hall–Kier alpha value is -3.77. The summed E-state index contributed by atoms with van der Waals surface area (Å²) in [6.07, 6.45) is 0.219. The highest BCUT2D eigenvalue weighted by molar-refractivity contribution is 5.73. The number of rotatable bonds is 6. The van der Waals surface area contributed by atoms with Crippen molar-refractivity contribution in [3.63, 3.8) is 0 Å². The van der Waals surface area contributed by atoms with Gasteiger partial charge in [-0.2, -0.15) is 4.98 Å². The molecule has 5 rings (SSSR count). The molecule has 12 heteroatoms. The lowest BCUT2D eigenvalue weighted by Gasteiger charge is -2.23. The van der Waals surface area contributed by atoms with E-state index in [1.54, 1.807) is 28.5 Å². The molecule has 4 heterocycles. The van der Waals surface area contributed by atoms with Crippen LogP contribution in [0.3, 0.4) is 0 Å². The van der Waals surface area contributed by atoms with E-state index >= 15 is 0 Å². The van der Waals surface area contributed by atoms with Crippen LogP contribution in [0.1, 0.15) is 11.8 Å². The number of nitrogens with one attached hydrogen (secondary N) is 1. The third-order valence-corrected chi connectivity index (χ3v) is 5.62. The van der Waals surface area contributed by atoms with Gasteiger partial charge in [-0.25, -0.2) is 14.8 Å². The number of hydrogen-bond acceptors (Lipinski definition) is 8. The third-order valence-electron chi connectivity index (χ3n) is 5.62. The van der Waals surface area contributed by atoms with Gasteiger partial charge in [-0.05, 0) is 5.56 Å². The number of imidazole rings is 1. The maximum absolute atomic E-state index is 12.7. The number of H-pyrrole nitrogens is 1. The molecular formula is C21H23N7O5. The number of nitrogens with zero attached hydrogens (tertiary/aromatic N) is 6. The predicted molar refractivity (Wildman–Crippen MR) is 117 cm³/mol. The van der Waals surface area contributed by atoms with Gasteiger partial charge in [-0.3, -0.25) is 19.2 Å². The van der Waals surface area contributed by atoms with Crippen LogP contribution in [0.4, 0.5) is 10.7 Å². The Morgan fingerprint density at radius 2 is 2.06 bits per heavy atom. The summed E-state index contributed by atoms with van der Waals surface area (Å²) in [5.74, 6) is 0.102. The Morgan fingerprint density at radius 3 is 2.79 bits per heavy atom. The predicted octanol–water partition coefficient (Wildman–Crippen LogP) is 0.620. The minimum Gasteiger partial charge on any atom is -0.439 e. The molecule has 172 valence electrons. The molecule has 4 atom stereocenters. The van der Waals surface area contributed by atoms with E-state index in [0.717, 1.165) is 5.56 Å². The number of ether oxygens (including phenoxy) is 2. The number of aliphatic hydroxyl groups is 1. The van der Waals surface area contributed by atoms with Crippen LogP contribution in [-0.2, 0) is 16.0 Å². The van der Waals surface area contributed by atoms with Crippen LogP contribution in [-0.4, -0.2) is 85.8 Å². The molecule has 0 radical (unpaired) electrons. The lowest BCUT2D eigenvalue weighted by Crippen LogP contribution is -2.42. The number of carbonyl (C=O) groups excluding carboxylic acids is 1. The molecule has 0 unspecified atom stereocenters.